The maximum atomic E-state index is 5.75. The molecule has 0 unspecified atom stereocenters. The molecule has 0 bridgehead atoms. The molecular weight excluding hydrogens is 208 g/mol. The Morgan fingerprint density at radius 3 is 2.73 bits per heavy atom. The average Bonchev–Trinajstić information content (AvgIpc) is 2.59. The molecule has 0 amide bonds. The van der Waals surface area contributed by atoms with Crippen molar-refractivity contribution in [2.75, 3.05) is 36.9 Å². The summed E-state index contributed by atoms with van der Waals surface area (Å²) >= 11 is 2.04. The maximum Gasteiger partial charge on any atom is 0.0730 e. The first-order valence-electron chi connectivity index (χ1n) is 5.35. The summed E-state index contributed by atoms with van der Waals surface area (Å²) < 4.78 is 2.00. The highest BCUT2D eigenvalue weighted by molar-refractivity contribution is 7.99. The van der Waals surface area contributed by atoms with Gasteiger partial charge < -0.3 is 5.73 Å². The molecule has 1 aromatic heterocycles. The zero-order valence-electron chi connectivity index (χ0n) is 9.15. The second-order valence-electron chi connectivity index (χ2n) is 3.86. The molecule has 2 heterocycles. The second kappa shape index (κ2) is 4.90. The van der Waals surface area contributed by atoms with Crippen molar-refractivity contribution in [2.24, 2.45) is 0 Å². The Kier molecular flexibility index (Phi) is 3.53. The molecule has 1 aliphatic heterocycles. The van der Waals surface area contributed by atoms with Gasteiger partial charge in [-0.05, 0) is 6.92 Å². The number of thioether (sulfide) groups is 1. The molecular formula is C10H18N4S. The molecule has 5 heteroatoms. The minimum atomic E-state index is 0.796. The van der Waals surface area contributed by atoms with Crippen molar-refractivity contribution in [3.63, 3.8) is 0 Å². The lowest BCUT2D eigenvalue weighted by Gasteiger charge is -2.26. The van der Waals surface area contributed by atoms with Crippen LogP contribution in [0.15, 0.2) is 6.20 Å². The summed E-state index contributed by atoms with van der Waals surface area (Å²) in [5.74, 6) is 2.53. The van der Waals surface area contributed by atoms with Crippen molar-refractivity contribution in [1.29, 1.82) is 0 Å². The van der Waals surface area contributed by atoms with Crippen molar-refractivity contribution < 1.29 is 0 Å². The lowest BCUT2D eigenvalue weighted by Crippen LogP contribution is -2.35. The molecule has 0 saturated carbocycles. The normalized spacial score (nSPS) is 18.2. The van der Waals surface area contributed by atoms with Crippen LogP contribution < -0.4 is 5.73 Å². The minimum Gasteiger partial charge on any atom is -0.396 e. The zero-order chi connectivity index (χ0) is 10.7. The Morgan fingerprint density at radius 1 is 1.40 bits per heavy atom. The molecule has 0 atom stereocenters. The van der Waals surface area contributed by atoms with E-state index in [2.05, 4.69) is 10.00 Å². The van der Waals surface area contributed by atoms with E-state index < -0.39 is 0 Å². The summed E-state index contributed by atoms with van der Waals surface area (Å²) in [4.78, 5) is 2.49. The Morgan fingerprint density at radius 2 is 2.13 bits per heavy atom. The van der Waals surface area contributed by atoms with Gasteiger partial charge in [0.05, 0.1) is 24.1 Å². The molecule has 0 spiro atoms. The van der Waals surface area contributed by atoms with Crippen LogP contribution in [-0.2, 0) is 6.54 Å². The van der Waals surface area contributed by atoms with Crippen molar-refractivity contribution in [3.8, 4) is 0 Å². The van der Waals surface area contributed by atoms with Crippen molar-refractivity contribution in [1.82, 2.24) is 14.7 Å². The fraction of sp³-hybridized carbons (Fsp3) is 0.700. The van der Waals surface area contributed by atoms with Gasteiger partial charge in [-0.3, -0.25) is 9.58 Å². The monoisotopic (exact) mass is 226 g/mol. The third-order valence-corrected chi connectivity index (χ3v) is 3.82. The topological polar surface area (TPSA) is 47.1 Å². The highest BCUT2D eigenvalue weighted by atomic mass is 32.2. The van der Waals surface area contributed by atoms with Gasteiger partial charge in [0.2, 0.25) is 0 Å². The van der Waals surface area contributed by atoms with Crippen LogP contribution in [0.3, 0.4) is 0 Å². The molecule has 4 nitrogen and oxygen atoms in total. The van der Waals surface area contributed by atoms with Crippen LogP contribution >= 0.6 is 11.8 Å². The van der Waals surface area contributed by atoms with Crippen LogP contribution in [-0.4, -0.2) is 45.8 Å². The van der Waals surface area contributed by atoms with Crippen LogP contribution in [0.25, 0.3) is 0 Å². The van der Waals surface area contributed by atoms with E-state index in [4.69, 9.17) is 5.73 Å². The van der Waals surface area contributed by atoms with E-state index >= 15 is 0 Å². The number of hydrogen-bond acceptors (Lipinski definition) is 4. The van der Waals surface area contributed by atoms with E-state index in [1.54, 1.807) is 6.20 Å². The number of nitrogens with zero attached hydrogens (tertiary/aromatic N) is 3. The SMILES string of the molecule is Cc1c(N)cnn1CCN1CCSCC1. The quantitative estimate of drug-likeness (QED) is 0.829. The molecule has 1 aromatic rings. The van der Waals surface area contributed by atoms with Gasteiger partial charge in [-0.25, -0.2) is 0 Å². The summed E-state index contributed by atoms with van der Waals surface area (Å²) in [6, 6.07) is 0. The fourth-order valence-electron chi connectivity index (χ4n) is 1.75. The molecule has 2 N–H and O–H groups in total. The van der Waals surface area contributed by atoms with Crippen molar-refractivity contribution >= 4 is 17.4 Å². The first-order valence-corrected chi connectivity index (χ1v) is 6.51. The lowest BCUT2D eigenvalue weighted by molar-refractivity contribution is 0.283. The molecule has 84 valence electrons. The number of anilines is 1. The summed E-state index contributed by atoms with van der Waals surface area (Å²) in [7, 11) is 0. The first kappa shape index (κ1) is 10.8. The van der Waals surface area contributed by atoms with Crippen LogP contribution in [0.2, 0.25) is 0 Å². The van der Waals surface area contributed by atoms with Crippen molar-refractivity contribution in [3.05, 3.63) is 11.9 Å². The molecule has 1 aliphatic rings. The summed E-state index contributed by atoms with van der Waals surface area (Å²) in [5, 5.41) is 4.26. The van der Waals surface area contributed by atoms with Gasteiger partial charge in [0.1, 0.15) is 0 Å². The Bertz CT molecular complexity index is 317. The standard InChI is InChI=1S/C10H18N4S/c1-9-10(11)8-12-14(9)3-2-13-4-6-15-7-5-13/h8H,2-7,11H2,1H3. The summed E-state index contributed by atoms with van der Waals surface area (Å²) in [5.41, 5.74) is 7.63. The molecule has 1 fully saturated rings. The number of rotatable bonds is 3. The smallest absolute Gasteiger partial charge is 0.0730 e. The van der Waals surface area contributed by atoms with Crippen LogP contribution in [0, 0.1) is 6.92 Å². The predicted molar refractivity (Wildman–Crippen MR) is 65.1 cm³/mol. The van der Waals surface area contributed by atoms with Gasteiger partial charge >= 0.3 is 0 Å². The predicted octanol–water partition coefficient (Wildman–Crippen LogP) is 0.823. The highest BCUT2D eigenvalue weighted by Gasteiger charge is 2.10. The third-order valence-electron chi connectivity index (χ3n) is 2.87. The molecule has 0 aliphatic carbocycles. The molecule has 0 aromatic carbocycles. The van der Waals surface area contributed by atoms with Crippen molar-refractivity contribution in [2.45, 2.75) is 13.5 Å². The maximum absolute atomic E-state index is 5.75. The van der Waals surface area contributed by atoms with Crippen LogP contribution in [0.5, 0.6) is 0 Å². The number of hydrogen-bond donors (Lipinski definition) is 1. The number of nitrogen functional groups attached to an aromatic ring is 1. The Hall–Kier alpha value is -0.680. The van der Waals surface area contributed by atoms with E-state index in [0.717, 1.165) is 24.5 Å². The highest BCUT2D eigenvalue weighted by Crippen LogP contribution is 2.11. The number of aromatic nitrogens is 2. The van der Waals surface area contributed by atoms with Gasteiger partial charge in [0.15, 0.2) is 0 Å². The van der Waals surface area contributed by atoms with E-state index in [9.17, 15) is 0 Å². The second-order valence-corrected chi connectivity index (χ2v) is 5.09. The van der Waals surface area contributed by atoms with Gasteiger partial charge in [-0.2, -0.15) is 16.9 Å². The average molecular weight is 226 g/mol. The van der Waals surface area contributed by atoms with E-state index in [0.29, 0.717) is 0 Å². The van der Waals surface area contributed by atoms with Gasteiger partial charge in [-0.1, -0.05) is 0 Å². The third kappa shape index (κ3) is 2.66. The number of nitrogens with two attached hydrogens (primary N) is 1. The fourth-order valence-corrected chi connectivity index (χ4v) is 2.73. The summed E-state index contributed by atoms with van der Waals surface area (Å²) in [6.07, 6.45) is 1.74. The van der Waals surface area contributed by atoms with Gasteiger partial charge in [0, 0.05) is 31.1 Å². The Balaban J connectivity index is 1.84. The molecule has 2 rings (SSSR count). The van der Waals surface area contributed by atoms with E-state index in [-0.39, 0.29) is 0 Å². The van der Waals surface area contributed by atoms with E-state index in [1.807, 2.05) is 23.4 Å². The van der Waals surface area contributed by atoms with Crippen LogP contribution in [0.4, 0.5) is 5.69 Å². The molecule has 1 saturated heterocycles. The minimum absolute atomic E-state index is 0.796. The van der Waals surface area contributed by atoms with Gasteiger partial charge in [-0.15, -0.1) is 0 Å². The van der Waals surface area contributed by atoms with Gasteiger partial charge in [0.25, 0.3) is 0 Å². The zero-order valence-corrected chi connectivity index (χ0v) is 9.96. The molecule has 0 radical (unpaired) electrons. The largest absolute Gasteiger partial charge is 0.396 e. The molecule has 15 heavy (non-hydrogen) atoms. The lowest BCUT2D eigenvalue weighted by atomic mass is 10.4. The summed E-state index contributed by atoms with van der Waals surface area (Å²) in [6.45, 7) is 6.48. The first-order chi connectivity index (χ1) is 7.27. The van der Waals surface area contributed by atoms with E-state index in [1.165, 1.54) is 24.6 Å². The Labute approximate surface area is 94.8 Å². The van der Waals surface area contributed by atoms with Crippen LogP contribution in [0.1, 0.15) is 5.69 Å².